The van der Waals surface area contributed by atoms with E-state index in [-0.39, 0.29) is 5.91 Å². The van der Waals surface area contributed by atoms with Crippen LogP contribution in [0.4, 0.5) is 0 Å². The van der Waals surface area contributed by atoms with Crippen LogP contribution in [0.5, 0.6) is 0 Å². The molecule has 0 aromatic rings. The van der Waals surface area contributed by atoms with Gasteiger partial charge in [0.25, 0.3) is 0 Å². The fourth-order valence-corrected chi connectivity index (χ4v) is 1.98. The number of rotatable bonds is 6. The van der Waals surface area contributed by atoms with Gasteiger partial charge in [0.2, 0.25) is 5.91 Å². The summed E-state index contributed by atoms with van der Waals surface area (Å²) in [6.07, 6.45) is 3.50. The van der Waals surface area contributed by atoms with Gasteiger partial charge in [-0.25, -0.2) is 0 Å². The van der Waals surface area contributed by atoms with Gasteiger partial charge in [-0.05, 0) is 51.9 Å². The lowest BCUT2D eigenvalue weighted by Crippen LogP contribution is -2.39. The molecule has 1 amide bonds. The molecule has 1 saturated heterocycles. The van der Waals surface area contributed by atoms with Gasteiger partial charge in [0, 0.05) is 6.54 Å². The van der Waals surface area contributed by atoms with Crippen molar-refractivity contribution >= 4 is 5.91 Å². The lowest BCUT2D eigenvalue weighted by atomic mass is 9.97. The van der Waals surface area contributed by atoms with E-state index in [1.165, 1.54) is 25.9 Å². The van der Waals surface area contributed by atoms with Crippen LogP contribution in [-0.4, -0.2) is 50.6 Å². The first kappa shape index (κ1) is 13.5. The van der Waals surface area contributed by atoms with Gasteiger partial charge in [-0.1, -0.05) is 6.92 Å². The fourth-order valence-electron chi connectivity index (χ4n) is 1.98. The quantitative estimate of drug-likeness (QED) is 0.692. The van der Waals surface area contributed by atoms with Crippen molar-refractivity contribution in [2.24, 2.45) is 5.92 Å². The van der Waals surface area contributed by atoms with Crippen LogP contribution in [0.25, 0.3) is 0 Å². The van der Waals surface area contributed by atoms with Crippen LogP contribution >= 0.6 is 0 Å². The zero-order chi connectivity index (χ0) is 11.8. The fraction of sp³-hybridized carbons (Fsp3) is 0.917. The molecular weight excluding hydrogens is 202 g/mol. The van der Waals surface area contributed by atoms with Gasteiger partial charge in [-0.15, -0.1) is 0 Å². The van der Waals surface area contributed by atoms with Crippen LogP contribution in [0, 0.1) is 5.92 Å². The topological polar surface area (TPSA) is 44.4 Å². The molecule has 0 atom stereocenters. The summed E-state index contributed by atoms with van der Waals surface area (Å²) in [6.45, 7) is 6.67. The van der Waals surface area contributed by atoms with Crippen molar-refractivity contribution in [2.75, 3.05) is 39.8 Å². The van der Waals surface area contributed by atoms with Crippen molar-refractivity contribution < 1.29 is 4.79 Å². The monoisotopic (exact) mass is 227 g/mol. The summed E-state index contributed by atoms with van der Waals surface area (Å²) in [7, 11) is 2.17. The van der Waals surface area contributed by atoms with Crippen LogP contribution in [-0.2, 0) is 4.79 Å². The Labute approximate surface area is 98.8 Å². The van der Waals surface area contributed by atoms with Gasteiger partial charge in [-0.2, -0.15) is 0 Å². The minimum absolute atomic E-state index is 0.120. The Balaban J connectivity index is 2.00. The maximum absolute atomic E-state index is 11.3. The molecule has 4 heteroatoms. The van der Waals surface area contributed by atoms with E-state index in [0.29, 0.717) is 6.54 Å². The van der Waals surface area contributed by atoms with Gasteiger partial charge in [0.15, 0.2) is 0 Å². The number of amides is 1. The van der Waals surface area contributed by atoms with E-state index >= 15 is 0 Å². The summed E-state index contributed by atoms with van der Waals surface area (Å²) in [6, 6.07) is 0. The Morgan fingerprint density at radius 1 is 1.38 bits per heavy atom. The number of likely N-dealkylation sites (tertiary alicyclic amines) is 1. The Hall–Kier alpha value is -0.610. The summed E-state index contributed by atoms with van der Waals surface area (Å²) in [5, 5.41) is 6.12. The molecule has 16 heavy (non-hydrogen) atoms. The first-order valence-electron chi connectivity index (χ1n) is 6.38. The van der Waals surface area contributed by atoms with Gasteiger partial charge in [0.1, 0.15) is 0 Å². The van der Waals surface area contributed by atoms with Crippen molar-refractivity contribution in [1.82, 2.24) is 15.5 Å². The van der Waals surface area contributed by atoms with Crippen molar-refractivity contribution in [2.45, 2.75) is 26.2 Å². The molecule has 0 bridgehead atoms. The zero-order valence-electron chi connectivity index (χ0n) is 10.6. The third-order valence-corrected chi connectivity index (χ3v) is 3.13. The van der Waals surface area contributed by atoms with Gasteiger partial charge >= 0.3 is 0 Å². The lowest BCUT2D eigenvalue weighted by Gasteiger charge is -2.28. The number of carbonyl (C=O) groups is 1. The Bertz CT molecular complexity index is 200. The van der Waals surface area contributed by atoms with E-state index in [1.54, 1.807) is 0 Å². The number of hydrogen-bond acceptors (Lipinski definition) is 3. The van der Waals surface area contributed by atoms with E-state index in [2.05, 4.69) is 29.5 Å². The van der Waals surface area contributed by atoms with Crippen LogP contribution in [0.2, 0.25) is 0 Å². The molecule has 1 fully saturated rings. The lowest BCUT2D eigenvalue weighted by molar-refractivity contribution is -0.120. The highest BCUT2D eigenvalue weighted by molar-refractivity contribution is 5.77. The molecule has 0 aliphatic carbocycles. The molecule has 0 unspecified atom stereocenters. The minimum Gasteiger partial charge on any atom is -0.355 e. The molecule has 1 rings (SSSR count). The molecule has 0 saturated carbocycles. The van der Waals surface area contributed by atoms with E-state index in [0.717, 1.165) is 25.4 Å². The Morgan fingerprint density at radius 3 is 2.69 bits per heavy atom. The van der Waals surface area contributed by atoms with Crippen molar-refractivity contribution in [3.05, 3.63) is 0 Å². The molecule has 0 aromatic carbocycles. The van der Waals surface area contributed by atoms with Crippen LogP contribution in [0.1, 0.15) is 26.2 Å². The molecular formula is C12H25N3O. The maximum atomic E-state index is 11.3. The molecule has 94 valence electrons. The predicted molar refractivity (Wildman–Crippen MR) is 66.4 cm³/mol. The number of piperidine rings is 1. The predicted octanol–water partition coefficient (Wildman–Crippen LogP) is 0.444. The van der Waals surface area contributed by atoms with Crippen LogP contribution < -0.4 is 10.6 Å². The molecule has 0 aromatic heterocycles. The molecule has 1 aliphatic heterocycles. The molecule has 1 heterocycles. The van der Waals surface area contributed by atoms with Gasteiger partial charge in [-0.3, -0.25) is 4.79 Å². The number of nitrogens with zero attached hydrogens (tertiary/aromatic N) is 1. The van der Waals surface area contributed by atoms with E-state index in [1.807, 2.05) is 0 Å². The second kappa shape index (κ2) is 7.63. The standard InChI is InChI=1S/C12H25N3O/c1-3-6-14-12(16)10-13-9-11-4-7-15(2)8-5-11/h11,13H,3-10H2,1-2H3,(H,14,16). The molecule has 0 spiro atoms. The minimum atomic E-state index is 0.120. The second-order valence-corrected chi connectivity index (χ2v) is 4.73. The van der Waals surface area contributed by atoms with Crippen LogP contribution in [0.15, 0.2) is 0 Å². The third kappa shape index (κ3) is 5.47. The van der Waals surface area contributed by atoms with Crippen molar-refractivity contribution in [3.63, 3.8) is 0 Å². The summed E-state index contributed by atoms with van der Waals surface area (Å²) in [5.41, 5.74) is 0. The summed E-state index contributed by atoms with van der Waals surface area (Å²) < 4.78 is 0. The Morgan fingerprint density at radius 2 is 2.06 bits per heavy atom. The first-order valence-corrected chi connectivity index (χ1v) is 6.38. The first-order chi connectivity index (χ1) is 7.72. The second-order valence-electron chi connectivity index (χ2n) is 4.73. The zero-order valence-corrected chi connectivity index (χ0v) is 10.6. The summed E-state index contributed by atoms with van der Waals surface area (Å²) in [5.74, 6) is 0.866. The average Bonchev–Trinajstić information content (AvgIpc) is 2.29. The number of nitrogens with one attached hydrogen (secondary N) is 2. The molecule has 4 nitrogen and oxygen atoms in total. The maximum Gasteiger partial charge on any atom is 0.233 e. The SMILES string of the molecule is CCCNC(=O)CNCC1CCN(C)CC1. The van der Waals surface area contributed by atoms with E-state index < -0.39 is 0 Å². The highest BCUT2D eigenvalue weighted by atomic mass is 16.1. The van der Waals surface area contributed by atoms with E-state index in [9.17, 15) is 4.79 Å². The van der Waals surface area contributed by atoms with Gasteiger partial charge in [0.05, 0.1) is 6.54 Å². The van der Waals surface area contributed by atoms with E-state index in [4.69, 9.17) is 0 Å². The highest BCUT2D eigenvalue weighted by Crippen LogP contribution is 2.14. The highest BCUT2D eigenvalue weighted by Gasteiger charge is 2.16. The van der Waals surface area contributed by atoms with Crippen LogP contribution in [0.3, 0.4) is 0 Å². The normalized spacial score (nSPS) is 18.6. The molecule has 0 radical (unpaired) electrons. The number of hydrogen-bond donors (Lipinski definition) is 2. The summed E-state index contributed by atoms with van der Waals surface area (Å²) in [4.78, 5) is 13.7. The van der Waals surface area contributed by atoms with Crippen molar-refractivity contribution in [1.29, 1.82) is 0 Å². The number of carbonyl (C=O) groups excluding carboxylic acids is 1. The Kier molecular flexibility index (Phi) is 6.42. The van der Waals surface area contributed by atoms with Crippen molar-refractivity contribution in [3.8, 4) is 0 Å². The molecule has 2 N–H and O–H groups in total. The summed E-state index contributed by atoms with van der Waals surface area (Å²) >= 11 is 0. The average molecular weight is 227 g/mol. The third-order valence-electron chi connectivity index (χ3n) is 3.13. The van der Waals surface area contributed by atoms with Gasteiger partial charge < -0.3 is 15.5 Å². The smallest absolute Gasteiger partial charge is 0.233 e. The molecule has 1 aliphatic rings. The largest absolute Gasteiger partial charge is 0.355 e.